The van der Waals surface area contributed by atoms with Crippen molar-refractivity contribution >= 4 is 16.7 Å². The molecule has 0 spiro atoms. The summed E-state index contributed by atoms with van der Waals surface area (Å²) < 4.78 is 46.9. The third-order valence-electron chi connectivity index (χ3n) is 4.36. The molecule has 0 bridgehead atoms. The fraction of sp³-hybridized carbons (Fsp3) is 0.222. The van der Waals surface area contributed by atoms with Crippen LogP contribution in [0.25, 0.3) is 28.1 Å². The summed E-state index contributed by atoms with van der Waals surface area (Å²) in [6.45, 7) is 3.54. The summed E-state index contributed by atoms with van der Waals surface area (Å²) in [7, 11) is 1.30. The summed E-state index contributed by atoms with van der Waals surface area (Å²) >= 11 is 0. The Morgan fingerprint density at radius 2 is 1.85 bits per heavy atom. The molecule has 0 amide bonds. The van der Waals surface area contributed by atoms with Crippen molar-refractivity contribution in [2.24, 2.45) is 0 Å². The number of benzene rings is 1. The molecule has 0 unspecified atom stereocenters. The topological polar surface area (TPSA) is 65.2 Å². The lowest BCUT2D eigenvalue weighted by Gasteiger charge is -2.13. The van der Waals surface area contributed by atoms with E-state index in [0.29, 0.717) is 28.4 Å². The molecule has 4 aromatic rings. The first-order chi connectivity index (χ1) is 12.8. The Morgan fingerprint density at radius 3 is 2.52 bits per heavy atom. The number of methoxy groups -OCH3 is 1. The molecule has 1 aromatic carbocycles. The van der Waals surface area contributed by atoms with Crippen LogP contribution in [0.4, 0.5) is 13.2 Å². The molecule has 0 aliphatic rings. The number of ether oxygens (including phenoxy) is 1. The first kappa shape index (κ1) is 17.2. The van der Waals surface area contributed by atoms with Crippen molar-refractivity contribution < 1.29 is 17.9 Å². The van der Waals surface area contributed by atoms with E-state index in [1.54, 1.807) is 23.6 Å². The number of aromatic nitrogens is 5. The molecule has 9 heteroatoms. The summed E-state index contributed by atoms with van der Waals surface area (Å²) in [5.74, 6) is 0.448. The van der Waals surface area contributed by atoms with E-state index in [9.17, 15) is 13.2 Å². The molecule has 27 heavy (non-hydrogen) atoms. The highest BCUT2D eigenvalue weighted by Gasteiger charge is 2.32. The van der Waals surface area contributed by atoms with Gasteiger partial charge in [0.05, 0.1) is 23.9 Å². The highest BCUT2D eigenvalue weighted by molar-refractivity contribution is 5.86. The van der Waals surface area contributed by atoms with Gasteiger partial charge in [-0.05, 0) is 38.1 Å². The normalized spacial score (nSPS) is 12.1. The van der Waals surface area contributed by atoms with Gasteiger partial charge in [0.1, 0.15) is 11.6 Å². The highest BCUT2D eigenvalue weighted by Crippen LogP contribution is 2.37. The Hall–Kier alpha value is -3.23. The molecule has 0 saturated heterocycles. The van der Waals surface area contributed by atoms with Gasteiger partial charge in [-0.2, -0.15) is 13.2 Å². The molecule has 0 radical (unpaired) electrons. The van der Waals surface area contributed by atoms with E-state index in [-0.39, 0.29) is 16.8 Å². The number of alkyl halides is 3. The molecule has 0 aliphatic heterocycles. The number of aryl methyl sites for hydroxylation is 2. The lowest BCUT2D eigenvalue weighted by atomic mass is 10.1. The predicted molar refractivity (Wildman–Crippen MR) is 92.5 cm³/mol. The minimum absolute atomic E-state index is 0.00515. The SMILES string of the molecule is COc1cc(C(F)(F)F)cc2c1nnc1c(C)nc(-c3cccnc3C)n12. The molecule has 0 N–H and O–H groups in total. The molecular formula is C18H14F3N5O. The van der Waals surface area contributed by atoms with E-state index in [2.05, 4.69) is 20.2 Å². The minimum Gasteiger partial charge on any atom is -0.494 e. The monoisotopic (exact) mass is 373 g/mol. The number of rotatable bonds is 2. The van der Waals surface area contributed by atoms with Crippen LogP contribution in [0.15, 0.2) is 30.5 Å². The molecule has 0 saturated carbocycles. The fourth-order valence-electron chi connectivity index (χ4n) is 3.05. The van der Waals surface area contributed by atoms with Crippen LogP contribution in [-0.4, -0.2) is 31.7 Å². The first-order valence-electron chi connectivity index (χ1n) is 8.04. The third kappa shape index (κ3) is 2.66. The average Bonchev–Trinajstić information content (AvgIpc) is 2.97. The maximum Gasteiger partial charge on any atom is 0.416 e. The van der Waals surface area contributed by atoms with Crippen molar-refractivity contribution in [3.8, 4) is 17.1 Å². The zero-order valence-corrected chi connectivity index (χ0v) is 14.7. The van der Waals surface area contributed by atoms with Crippen molar-refractivity contribution in [1.29, 1.82) is 0 Å². The van der Waals surface area contributed by atoms with Gasteiger partial charge in [-0.25, -0.2) is 4.98 Å². The molecule has 138 valence electrons. The standard InChI is InChI=1S/C18H14F3N5O/c1-9-12(5-4-6-22-9)17-23-10(2)16-25-24-15-13(26(16)17)7-11(18(19,20)21)8-14(15)27-3/h4-8H,1-3H3. The fourth-order valence-corrected chi connectivity index (χ4v) is 3.05. The predicted octanol–water partition coefficient (Wildman–Crippen LogP) is 3.98. The number of pyridine rings is 1. The number of halogens is 3. The van der Waals surface area contributed by atoms with Crippen molar-refractivity contribution in [2.75, 3.05) is 7.11 Å². The van der Waals surface area contributed by atoms with Crippen molar-refractivity contribution in [3.05, 3.63) is 47.4 Å². The molecule has 4 rings (SSSR count). The molecule has 0 aliphatic carbocycles. The number of fused-ring (bicyclic) bond motifs is 3. The van der Waals surface area contributed by atoms with Crippen LogP contribution in [0.1, 0.15) is 17.0 Å². The molecule has 6 nitrogen and oxygen atoms in total. The second kappa shape index (κ2) is 5.90. The number of nitrogens with zero attached hydrogens (tertiary/aromatic N) is 5. The Labute approximate surface area is 151 Å². The van der Waals surface area contributed by atoms with Gasteiger partial charge in [-0.1, -0.05) is 0 Å². The van der Waals surface area contributed by atoms with Crippen LogP contribution in [0.2, 0.25) is 0 Å². The number of hydrogen-bond donors (Lipinski definition) is 0. The highest BCUT2D eigenvalue weighted by atomic mass is 19.4. The van der Waals surface area contributed by atoms with Crippen LogP contribution in [0.5, 0.6) is 5.75 Å². The largest absolute Gasteiger partial charge is 0.494 e. The van der Waals surface area contributed by atoms with Crippen molar-refractivity contribution in [3.63, 3.8) is 0 Å². The summed E-state index contributed by atoms with van der Waals surface area (Å²) in [6, 6.07) is 5.52. The minimum atomic E-state index is -4.53. The van der Waals surface area contributed by atoms with Crippen molar-refractivity contribution in [2.45, 2.75) is 20.0 Å². The summed E-state index contributed by atoms with van der Waals surface area (Å²) in [6.07, 6.45) is -2.89. The van der Waals surface area contributed by atoms with E-state index >= 15 is 0 Å². The summed E-state index contributed by atoms with van der Waals surface area (Å²) in [5, 5.41) is 8.23. The Bertz CT molecular complexity index is 1180. The Morgan fingerprint density at radius 1 is 1.07 bits per heavy atom. The Balaban J connectivity index is 2.19. The van der Waals surface area contributed by atoms with Gasteiger partial charge in [-0.15, -0.1) is 10.2 Å². The van der Waals surface area contributed by atoms with Gasteiger partial charge in [0, 0.05) is 17.5 Å². The maximum absolute atomic E-state index is 13.4. The second-order valence-electron chi connectivity index (χ2n) is 6.06. The lowest BCUT2D eigenvalue weighted by Crippen LogP contribution is -2.08. The van der Waals surface area contributed by atoms with Crippen LogP contribution < -0.4 is 4.74 Å². The van der Waals surface area contributed by atoms with E-state index in [1.165, 1.54) is 7.11 Å². The van der Waals surface area contributed by atoms with Crippen LogP contribution >= 0.6 is 0 Å². The van der Waals surface area contributed by atoms with E-state index in [0.717, 1.165) is 12.1 Å². The van der Waals surface area contributed by atoms with Gasteiger partial charge in [0.15, 0.2) is 11.2 Å². The third-order valence-corrected chi connectivity index (χ3v) is 4.36. The zero-order chi connectivity index (χ0) is 19.3. The number of hydrogen-bond acceptors (Lipinski definition) is 5. The van der Waals surface area contributed by atoms with Crippen molar-refractivity contribution in [1.82, 2.24) is 24.6 Å². The van der Waals surface area contributed by atoms with E-state index in [4.69, 9.17) is 4.74 Å². The first-order valence-corrected chi connectivity index (χ1v) is 8.04. The summed E-state index contributed by atoms with van der Waals surface area (Å²) in [4.78, 5) is 8.76. The van der Waals surface area contributed by atoms with E-state index in [1.807, 2.05) is 13.0 Å². The Kier molecular flexibility index (Phi) is 3.76. The molecule has 0 fully saturated rings. The van der Waals surface area contributed by atoms with Crippen LogP contribution in [0, 0.1) is 13.8 Å². The quantitative estimate of drug-likeness (QED) is 0.532. The second-order valence-corrected chi connectivity index (χ2v) is 6.06. The number of imidazole rings is 1. The van der Waals surface area contributed by atoms with Gasteiger partial charge >= 0.3 is 6.18 Å². The molecule has 0 atom stereocenters. The lowest BCUT2D eigenvalue weighted by molar-refractivity contribution is -0.137. The smallest absolute Gasteiger partial charge is 0.416 e. The van der Waals surface area contributed by atoms with Gasteiger partial charge in [-0.3, -0.25) is 9.38 Å². The maximum atomic E-state index is 13.4. The molecule has 3 aromatic heterocycles. The molecular weight excluding hydrogens is 359 g/mol. The molecule has 3 heterocycles. The average molecular weight is 373 g/mol. The zero-order valence-electron chi connectivity index (χ0n) is 14.7. The van der Waals surface area contributed by atoms with Gasteiger partial charge in [0.2, 0.25) is 0 Å². The van der Waals surface area contributed by atoms with Gasteiger partial charge in [0.25, 0.3) is 0 Å². The van der Waals surface area contributed by atoms with E-state index < -0.39 is 11.7 Å². The van der Waals surface area contributed by atoms with Gasteiger partial charge < -0.3 is 4.74 Å². The van der Waals surface area contributed by atoms with Crippen LogP contribution in [0.3, 0.4) is 0 Å². The van der Waals surface area contributed by atoms with Crippen LogP contribution in [-0.2, 0) is 6.18 Å². The summed E-state index contributed by atoms with van der Waals surface area (Å²) in [5.41, 5.74) is 1.94.